The van der Waals surface area contributed by atoms with E-state index in [9.17, 15) is 14.4 Å². The van der Waals surface area contributed by atoms with Crippen molar-refractivity contribution in [2.75, 3.05) is 6.61 Å². The first-order valence-electron chi connectivity index (χ1n) is 10.5. The number of carbonyl (C=O) groups is 2. The van der Waals surface area contributed by atoms with Gasteiger partial charge in [-0.25, -0.2) is 9.79 Å². The fraction of sp³-hybridized carbons (Fsp3) is 0.200. The second-order valence-electron chi connectivity index (χ2n) is 7.52. The molecule has 34 heavy (non-hydrogen) atoms. The Morgan fingerprint density at radius 1 is 1.15 bits per heavy atom. The topological polar surface area (TPSA) is 87.0 Å². The normalized spacial score (nSPS) is 15.5. The number of halogens is 1. The van der Waals surface area contributed by atoms with Crippen molar-refractivity contribution in [1.82, 2.24) is 4.57 Å². The lowest BCUT2D eigenvalue weighted by atomic mass is 9.96. The third kappa shape index (κ3) is 4.80. The Balaban J connectivity index is 1.89. The molecule has 3 aromatic rings. The lowest BCUT2D eigenvalue weighted by Crippen LogP contribution is -2.39. The monoisotopic (exact) mass is 540 g/mol. The number of benzene rings is 2. The Labute approximate surface area is 207 Å². The molecule has 0 saturated heterocycles. The number of ether oxygens (including phenoxy) is 2. The van der Waals surface area contributed by atoms with Crippen LogP contribution in [0.3, 0.4) is 0 Å². The van der Waals surface area contributed by atoms with E-state index in [1.165, 1.54) is 22.8 Å². The van der Waals surface area contributed by atoms with Gasteiger partial charge in [0.2, 0.25) is 0 Å². The van der Waals surface area contributed by atoms with Gasteiger partial charge in [0.15, 0.2) is 4.80 Å². The molecule has 0 aliphatic carbocycles. The molecule has 0 spiro atoms. The van der Waals surface area contributed by atoms with E-state index in [1.54, 1.807) is 44.2 Å². The van der Waals surface area contributed by atoms with Crippen molar-refractivity contribution in [3.8, 4) is 5.75 Å². The minimum absolute atomic E-state index is 0.196. The first-order valence-corrected chi connectivity index (χ1v) is 12.1. The van der Waals surface area contributed by atoms with E-state index in [-0.39, 0.29) is 12.2 Å². The number of hydrogen-bond donors (Lipinski definition) is 0. The molecule has 7 nitrogen and oxygen atoms in total. The molecule has 1 aliphatic rings. The Morgan fingerprint density at radius 3 is 2.44 bits per heavy atom. The number of rotatable bonds is 5. The minimum Gasteiger partial charge on any atom is -0.463 e. The smallest absolute Gasteiger partial charge is 0.338 e. The summed E-state index contributed by atoms with van der Waals surface area (Å²) >= 11 is 4.68. The van der Waals surface area contributed by atoms with E-state index < -0.39 is 18.0 Å². The van der Waals surface area contributed by atoms with Crippen LogP contribution in [0.4, 0.5) is 0 Å². The molecule has 0 fully saturated rings. The molecule has 0 unspecified atom stereocenters. The Kier molecular flexibility index (Phi) is 6.95. The summed E-state index contributed by atoms with van der Waals surface area (Å²) in [4.78, 5) is 42.8. The molecule has 2 aromatic carbocycles. The highest BCUT2D eigenvalue weighted by atomic mass is 79.9. The van der Waals surface area contributed by atoms with Gasteiger partial charge in [0.1, 0.15) is 5.75 Å². The van der Waals surface area contributed by atoms with Gasteiger partial charge in [-0.2, -0.15) is 0 Å². The van der Waals surface area contributed by atoms with Crippen molar-refractivity contribution >= 4 is 45.3 Å². The predicted octanol–water partition coefficient (Wildman–Crippen LogP) is 3.49. The molecule has 0 radical (unpaired) electrons. The maximum Gasteiger partial charge on any atom is 0.338 e. The number of carbonyl (C=O) groups excluding carboxylic acids is 2. The summed E-state index contributed by atoms with van der Waals surface area (Å²) in [5.41, 5.74) is 2.07. The number of thiazole rings is 1. The average Bonchev–Trinajstić information content (AvgIpc) is 3.09. The van der Waals surface area contributed by atoms with Gasteiger partial charge < -0.3 is 9.47 Å². The number of hydrogen-bond acceptors (Lipinski definition) is 7. The van der Waals surface area contributed by atoms with Crippen LogP contribution >= 0.6 is 27.3 Å². The van der Waals surface area contributed by atoms with Gasteiger partial charge in [0.25, 0.3) is 5.56 Å². The Bertz CT molecular complexity index is 1470. The lowest BCUT2D eigenvalue weighted by Gasteiger charge is -2.24. The van der Waals surface area contributed by atoms with Crippen molar-refractivity contribution < 1.29 is 19.1 Å². The largest absolute Gasteiger partial charge is 0.463 e. The van der Waals surface area contributed by atoms with Crippen LogP contribution < -0.4 is 19.6 Å². The van der Waals surface area contributed by atoms with Crippen molar-refractivity contribution in [3.63, 3.8) is 0 Å². The van der Waals surface area contributed by atoms with Crippen LogP contribution in [0, 0.1) is 0 Å². The maximum atomic E-state index is 13.5. The molecule has 1 atom stereocenters. The summed E-state index contributed by atoms with van der Waals surface area (Å²) in [6, 6.07) is 13.6. The van der Waals surface area contributed by atoms with Gasteiger partial charge in [-0.3, -0.25) is 14.2 Å². The summed E-state index contributed by atoms with van der Waals surface area (Å²) < 4.78 is 13.4. The zero-order valence-corrected chi connectivity index (χ0v) is 21.1. The van der Waals surface area contributed by atoms with E-state index in [1.807, 2.05) is 24.3 Å². The SMILES string of the molecule is CCOC(=O)C1=C(C)N=c2sc(=Cc3ccc(Br)cc3)c(=O)n2[C@@H]1c1ccc(OC(C)=O)cc1. The van der Waals surface area contributed by atoms with Gasteiger partial charge in [-0.15, -0.1) is 0 Å². The second kappa shape index (κ2) is 9.90. The quantitative estimate of drug-likeness (QED) is 0.365. The Morgan fingerprint density at radius 2 is 1.82 bits per heavy atom. The van der Waals surface area contributed by atoms with Gasteiger partial charge >= 0.3 is 11.9 Å². The number of esters is 2. The predicted molar refractivity (Wildman–Crippen MR) is 132 cm³/mol. The highest BCUT2D eigenvalue weighted by molar-refractivity contribution is 9.10. The first-order chi connectivity index (χ1) is 16.3. The van der Waals surface area contributed by atoms with Crippen LogP contribution in [0.5, 0.6) is 5.75 Å². The van der Waals surface area contributed by atoms with Crippen molar-refractivity contribution in [2.24, 2.45) is 4.99 Å². The molecule has 1 aliphatic heterocycles. The molecule has 4 rings (SSSR count). The number of fused-ring (bicyclic) bond motifs is 1. The van der Waals surface area contributed by atoms with E-state index in [0.717, 1.165) is 10.0 Å². The van der Waals surface area contributed by atoms with Gasteiger partial charge in [0.05, 0.1) is 28.5 Å². The molecule has 0 amide bonds. The first kappa shape index (κ1) is 23.8. The van der Waals surface area contributed by atoms with E-state index >= 15 is 0 Å². The van der Waals surface area contributed by atoms with Gasteiger partial charge in [-0.1, -0.05) is 51.5 Å². The fourth-order valence-corrected chi connectivity index (χ4v) is 5.01. The third-order valence-electron chi connectivity index (χ3n) is 5.14. The van der Waals surface area contributed by atoms with Crippen LogP contribution in [0.1, 0.15) is 37.9 Å². The summed E-state index contributed by atoms with van der Waals surface area (Å²) in [6.07, 6.45) is 1.81. The van der Waals surface area contributed by atoms with E-state index in [4.69, 9.17) is 9.47 Å². The molecule has 0 bridgehead atoms. The molecular weight excluding hydrogens is 520 g/mol. The molecule has 1 aromatic heterocycles. The molecule has 174 valence electrons. The van der Waals surface area contributed by atoms with E-state index in [2.05, 4.69) is 20.9 Å². The average molecular weight is 541 g/mol. The number of aromatic nitrogens is 1. The summed E-state index contributed by atoms with van der Waals surface area (Å²) in [5.74, 6) is -0.589. The highest BCUT2D eigenvalue weighted by Gasteiger charge is 2.33. The second-order valence-corrected chi connectivity index (χ2v) is 9.44. The minimum atomic E-state index is -0.728. The highest BCUT2D eigenvalue weighted by Crippen LogP contribution is 2.31. The molecule has 9 heteroatoms. The number of allylic oxidation sites excluding steroid dienone is 1. The summed E-state index contributed by atoms with van der Waals surface area (Å²) in [7, 11) is 0. The van der Waals surface area contributed by atoms with Crippen molar-refractivity contribution in [3.05, 3.63) is 95.1 Å². The van der Waals surface area contributed by atoms with Crippen LogP contribution in [-0.2, 0) is 14.3 Å². The molecule has 2 heterocycles. The van der Waals surface area contributed by atoms with Gasteiger partial charge in [-0.05, 0) is 55.3 Å². The van der Waals surface area contributed by atoms with Crippen LogP contribution in [-0.4, -0.2) is 23.1 Å². The zero-order chi connectivity index (χ0) is 24.4. The summed E-state index contributed by atoms with van der Waals surface area (Å²) in [6.45, 7) is 4.98. The fourth-order valence-electron chi connectivity index (χ4n) is 3.70. The number of nitrogens with zero attached hydrogens (tertiary/aromatic N) is 2. The summed E-state index contributed by atoms with van der Waals surface area (Å²) in [5, 5.41) is 0. The van der Waals surface area contributed by atoms with Crippen molar-refractivity contribution in [1.29, 1.82) is 0 Å². The molecular formula is C25H21BrN2O5S. The van der Waals surface area contributed by atoms with Crippen molar-refractivity contribution in [2.45, 2.75) is 26.8 Å². The lowest BCUT2D eigenvalue weighted by molar-refractivity contribution is -0.139. The van der Waals surface area contributed by atoms with Crippen LogP contribution in [0.25, 0.3) is 6.08 Å². The molecule has 0 saturated carbocycles. The van der Waals surface area contributed by atoms with E-state index in [0.29, 0.717) is 31.9 Å². The molecule has 0 N–H and O–H groups in total. The Hall–Kier alpha value is -3.30. The maximum absolute atomic E-state index is 13.5. The zero-order valence-electron chi connectivity index (χ0n) is 18.7. The van der Waals surface area contributed by atoms with Crippen LogP contribution in [0.2, 0.25) is 0 Å². The third-order valence-corrected chi connectivity index (χ3v) is 6.65. The standard InChI is InChI=1S/C25H21BrN2O5S/c1-4-32-24(31)21-14(2)27-25-28(22(21)17-7-11-19(12-8-17)33-15(3)29)23(30)20(34-25)13-16-5-9-18(26)10-6-16/h5-13,22H,4H2,1-3H3/t22-/m1/s1. The van der Waals surface area contributed by atoms with Gasteiger partial charge in [0, 0.05) is 11.4 Å². The van der Waals surface area contributed by atoms with Crippen LogP contribution in [0.15, 0.2) is 74.1 Å².